The molecule has 1 heterocycles. The summed E-state index contributed by atoms with van der Waals surface area (Å²) in [6, 6.07) is 0. The van der Waals surface area contributed by atoms with Crippen molar-refractivity contribution >= 4 is 11.9 Å². The lowest BCUT2D eigenvalue weighted by molar-refractivity contribution is -0.145. The first-order valence-electron chi connectivity index (χ1n) is 11.0. The summed E-state index contributed by atoms with van der Waals surface area (Å²) < 4.78 is 10.2. The van der Waals surface area contributed by atoms with Crippen molar-refractivity contribution in [1.29, 1.82) is 0 Å². The smallest absolute Gasteiger partial charge is 0.334 e. The van der Waals surface area contributed by atoms with Crippen molar-refractivity contribution in [3.05, 3.63) is 11.1 Å². The lowest BCUT2D eigenvalue weighted by atomic mass is 10.0. The first-order chi connectivity index (χ1) is 13.0. The van der Waals surface area contributed by atoms with Crippen molar-refractivity contribution in [2.45, 2.75) is 117 Å². The third-order valence-corrected chi connectivity index (χ3v) is 5.42. The number of unbranched alkanes of at least 4 members (excludes halogenated alkanes) is 11. The van der Waals surface area contributed by atoms with Gasteiger partial charge in [-0.15, -0.1) is 0 Å². The largest absolute Gasteiger partial charge is 0.463 e. The molecule has 0 bridgehead atoms. The minimum atomic E-state index is -0.171. The molecule has 0 radical (unpaired) electrons. The van der Waals surface area contributed by atoms with Gasteiger partial charge in [0, 0.05) is 12.5 Å². The highest BCUT2D eigenvalue weighted by Crippen LogP contribution is 2.21. The summed E-state index contributed by atoms with van der Waals surface area (Å²) in [5.41, 5.74) is 2.05. The van der Waals surface area contributed by atoms with Crippen molar-refractivity contribution in [2.24, 2.45) is 0 Å². The second-order valence-electron chi connectivity index (χ2n) is 8.01. The Balaban J connectivity index is 1.78. The third kappa shape index (κ3) is 11.9. The van der Waals surface area contributed by atoms with Crippen LogP contribution in [0, 0.1) is 0 Å². The van der Waals surface area contributed by atoms with Gasteiger partial charge in [-0.3, -0.25) is 4.79 Å². The van der Waals surface area contributed by atoms with Crippen molar-refractivity contribution in [3.63, 3.8) is 0 Å². The van der Waals surface area contributed by atoms with E-state index in [4.69, 9.17) is 9.47 Å². The maximum atomic E-state index is 11.3. The van der Waals surface area contributed by atoms with E-state index in [1.165, 1.54) is 83.1 Å². The van der Waals surface area contributed by atoms with Gasteiger partial charge in [-0.2, -0.15) is 0 Å². The summed E-state index contributed by atoms with van der Waals surface area (Å²) in [6.45, 7) is 5.86. The minimum Gasteiger partial charge on any atom is -0.463 e. The SMILES string of the molecule is CC(=O)OC(C)CCCCCCCCCCCCCCC1=C(C)C(=O)OC1. The molecule has 0 saturated carbocycles. The highest BCUT2D eigenvalue weighted by Gasteiger charge is 2.19. The van der Waals surface area contributed by atoms with E-state index in [0.717, 1.165) is 24.8 Å². The van der Waals surface area contributed by atoms with Crippen molar-refractivity contribution < 1.29 is 19.1 Å². The lowest BCUT2D eigenvalue weighted by Crippen LogP contribution is -2.11. The highest BCUT2D eigenvalue weighted by atomic mass is 16.5. The fourth-order valence-electron chi connectivity index (χ4n) is 3.65. The van der Waals surface area contributed by atoms with Crippen LogP contribution in [0.3, 0.4) is 0 Å². The Morgan fingerprint density at radius 1 is 0.926 bits per heavy atom. The Bertz CT molecular complexity index is 467. The predicted molar refractivity (Wildman–Crippen MR) is 110 cm³/mol. The molecule has 4 heteroatoms. The van der Waals surface area contributed by atoms with E-state index >= 15 is 0 Å². The molecule has 0 aromatic rings. The van der Waals surface area contributed by atoms with Gasteiger partial charge in [0.25, 0.3) is 0 Å². The molecule has 0 aromatic carbocycles. The first kappa shape index (κ1) is 23.7. The summed E-state index contributed by atoms with van der Waals surface area (Å²) in [5.74, 6) is -0.295. The van der Waals surface area contributed by atoms with Crippen molar-refractivity contribution in [1.82, 2.24) is 0 Å². The molecule has 0 fully saturated rings. The monoisotopic (exact) mass is 380 g/mol. The van der Waals surface area contributed by atoms with Crippen LogP contribution >= 0.6 is 0 Å². The zero-order chi connectivity index (χ0) is 19.9. The number of carbonyl (C=O) groups excluding carboxylic acids is 2. The number of rotatable bonds is 16. The van der Waals surface area contributed by atoms with Gasteiger partial charge in [-0.1, -0.05) is 64.2 Å². The Morgan fingerprint density at radius 3 is 1.85 bits per heavy atom. The fraction of sp³-hybridized carbons (Fsp3) is 0.826. The Morgan fingerprint density at radius 2 is 1.41 bits per heavy atom. The Labute approximate surface area is 166 Å². The van der Waals surface area contributed by atoms with Crippen LogP contribution < -0.4 is 0 Å². The zero-order valence-corrected chi connectivity index (χ0v) is 17.8. The van der Waals surface area contributed by atoms with Gasteiger partial charge in [0.05, 0.1) is 6.10 Å². The average Bonchev–Trinajstić information content (AvgIpc) is 2.93. The van der Waals surface area contributed by atoms with E-state index in [0.29, 0.717) is 6.61 Å². The van der Waals surface area contributed by atoms with Crippen LogP contribution in [-0.2, 0) is 19.1 Å². The molecule has 1 aliphatic rings. The maximum Gasteiger partial charge on any atom is 0.334 e. The molecule has 1 rings (SSSR count). The minimum absolute atomic E-state index is 0.0669. The third-order valence-electron chi connectivity index (χ3n) is 5.42. The van der Waals surface area contributed by atoms with Gasteiger partial charge in [0.15, 0.2) is 0 Å². The average molecular weight is 381 g/mol. The van der Waals surface area contributed by atoms with Crippen molar-refractivity contribution in [3.8, 4) is 0 Å². The quantitative estimate of drug-likeness (QED) is 0.234. The topological polar surface area (TPSA) is 52.6 Å². The Kier molecular flexibility index (Phi) is 12.9. The number of hydrogen-bond donors (Lipinski definition) is 0. The van der Waals surface area contributed by atoms with Crippen LogP contribution in [0.15, 0.2) is 11.1 Å². The molecule has 0 aromatic heterocycles. The van der Waals surface area contributed by atoms with Gasteiger partial charge in [0.1, 0.15) is 6.61 Å². The van der Waals surface area contributed by atoms with E-state index in [-0.39, 0.29) is 18.0 Å². The van der Waals surface area contributed by atoms with E-state index in [9.17, 15) is 9.59 Å². The molecule has 156 valence electrons. The summed E-state index contributed by atoms with van der Waals surface area (Å²) >= 11 is 0. The van der Waals surface area contributed by atoms with Crippen LogP contribution in [0.5, 0.6) is 0 Å². The van der Waals surface area contributed by atoms with Gasteiger partial charge in [-0.25, -0.2) is 4.79 Å². The normalized spacial score (nSPS) is 15.1. The maximum absolute atomic E-state index is 11.3. The fourth-order valence-corrected chi connectivity index (χ4v) is 3.65. The summed E-state index contributed by atoms with van der Waals surface area (Å²) in [6.07, 6.45) is 17.6. The molecule has 0 saturated heterocycles. The summed E-state index contributed by atoms with van der Waals surface area (Å²) in [5, 5.41) is 0. The molecule has 27 heavy (non-hydrogen) atoms. The molecular weight excluding hydrogens is 340 g/mol. The van der Waals surface area contributed by atoms with Crippen LogP contribution in [0.1, 0.15) is 111 Å². The predicted octanol–water partition coefficient (Wildman–Crippen LogP) is 6.27. The van der Waals surface area contributed by atoms with Gasteiger partial charge < -0.3 is 9.47 Å². The number of carbonyl (C=O) groups is 2. The van der Waals surface area contributed by atoms with Crippen molar-refractivity contribution in [2.75, 3.05) is 6.61 Å². The van der Waals surface area contributed by atoms with Gasteiger partial charge in [-0.05, 0) is 45.1 Å². The molecule has 0 aliphatic carbocycles. The van der Waals surface area contributed by atoms with Crippen LogP contribution in [0.25, 0.3) is 0 Å². The number of esters is 2. The second-order valence-corrected chi connectivity index (χ2v) is 8.01. The molecule has 1 unspecified atom stereocenters. The van der Waals surface area contributed by atoms with Gasteiger partial charge >= 0.3 is 11.9 Å². The zero-order valence-electron chi connectivity index (χ0n) is 17.8. The highest BCUT2D eigenvalue weighted by molar-refractivity contribution is 5.91. The molecule has 0 N–H and O–H groups in total. The number of hydrogen-bond acceptors (Lipinski definition) is 4. The molecular formula is C23H40O4. The van der Waals surface area contributed by atoms with E-state index < -0.39 is 0 Å². The molecule has 1 atom stereocenters. The number of cyclic esters (lactones) is 1. The summed E-state index contributed by atoms with van der Waals surface area (Å²) in [4.78, 5) is 22.1. The van der Waals surface area contributed by atoms with Crippen LogP contribution in [-0.4, -0.2) is 24.6 Å². The molecule has 1 aliphatic heterocycles. The molecule has 4 nitrogen and oxygen atoms in total. The molecule has 0 amide bonds. The number of ether oxygens (including phenoxy) is 2. The standard InChI is InChI=1S/C23H40O4/c1-19(27-21(3)24)16-14-12-10-8-6-4-5-7-9-11-13-15-17-22-18-26-23(25)20(22)2/h19H,4-18H2,1-3H3. The van der Waals surface area contributed by atoms with Crippen LogP contribution in [0.4, 0.5) is 0 Å². The Hall–Kier alpha value is -1.32. The first-order valence-corrected chi connectivity index (χ1v) is 11.0. The second kappa shape index (κ2) is 14.7. The van der Waals surface area contributed by atoms with E-state index in [1.807, 2.05) is 13.8 Å². The van der Waals surface area contributed by atoms with E-state index in [1.54, 1.807) is 0 Å². The molecule has 0 spiro atoms. The summed E-state index contributed by atoms with van der Waals surface area (Å²) in [7, 11) is 0. The van der Waals surface area contributed by atoms with E-state index in [2.05, 4.69) is 0 Å². The van der Waals surface area contributed by atoms with Crippen LogP contribution in [0.2, 0.25) is 0 Å². The van der Waals surface area contributed by atoms with Gasteiger partial charge in [0.2, 0.25) is 0 Å². The lowest BCUT2D eigenvalue weighted by Gasteiger charge is -2.11.